The summed E-state index contributed by atoms with van der Waals surface area (Å²) in [5.41, 5.74) is 1.06. The molecule has 0 spiro atoms. The SMILES string of the molecule is COC(=O)c1cc(=O)c2cccnc2n1-c1ccccc1. The topological polar surface area (TPSA) is 61.2 Å². The number of nitrogens with zero attached hydrogens (tertiary/aromatic N) is 2. The normalized spacial score (nSPS) is 10.5. The van der Waals surface area contributed by atoms with Crippen LogP contribution in [0, 0.1) is 0 Å². The van der Waals surface area contributed by atoms with Crippen LogP contribution in [0.4, 0.5) is 0 Å². The quantitative estimate of drug-likeness (QED) is 0.675. The summed E-state index contributed by atoms with van der Waals surface area (Å²) in [5.74, 6) is -0.580. The number of rotatable bonds is 2. The number of carbonyl (C=O) groups is 1. The maximum atomic E-state index is 12.1. The molecule has 0 amide bonds. The molecular weight excluding hydrogens is 268 g/mol. The Balaban J connectivity index is 2.46. The van der Waals surface area contributed by atoms with Crippen LogP contribution < -0.4 is 5.43 Å². The predicted molar refractivity (Wildman–Crippen MR) is 78.7 cm³/mol. The molecule has 5 heteroatoms. The van der Waals surface area contributed by atoms with E-state index in [1.54, 1.807) is 22.9 Å². The molecule has 104 valence electrons. The van der Waals surface area contributed by atoms with Crippen molar-refractivity contribution in [2.24, 2.45) is 0 Å². The van der Waals surface area contributed by atoms with Crippen LogP contribution in [0.5, 0.6) is 0 Å². The molecule has 0 aliphatic rings. The first-order valence-electron chi connectivity index (χ1n) is 6.37. The molecule has 3 aromatic rings. The monoisotopic (exact) mass is 280 g/mol. The van der Waals surface area contributed by atoms with Gasteiger partial charge >= 0.3 is 5.97 Å². The molecule has 1 aromatic carbocycles. The second-order valence-electron chi connectivity index (χ2n) is 4.43. The van der Waals surface area contributed by atoms with Crippen molar-refractivity contribution in [3.8, 4) is 5.69 Å². The van der Waals surface area contributed by atoms with Gasteiger partial charge in [0.05, 0.1) is 12.5 Å². The molecule has 0 atom stereocenters. The molecule has 0 fully saturated rings. The van der Waals surface area contributed by atoms with Gasteiger partial charge in [0.15, 0.2) is 5.43 Å². The minimum absolute atomic E-state index is 0.153. The number of fused-ring (bicyclic) bond motifs is 1. The number of hydrogen-bond donors (Lipinski definition) is 0. The van der Waals surface area contributed by atoms with Crippen LogP contribution in [0.15, 0.2) is 59.5 Å². The Bertz CT molecular complexity index is 870. The third-order valence-corrected chi connectivity index (χ3v) is 3.18. The number of para-hydroxylation sites is 1. The number of esters is 1. The van der Waals surface area contributed by atoms with Gasteiger partial charge in [-0.1, -0.05) is 18.2 Å². The van der Waals surface area contributed by atoms with Gasteiger partial charge in [-0.2, -0.15) is 0 Å². The molecule has 0 N–H and O–H groups in total. The van der Waals surface area contributed by atoms with Gasteiger partial charge in [0, 0.05) is 18.0 Å². The summed E-state index contributed by atoms with van der Waals surface area (Å²) in [6.45, 7) is 0. The van der Waals surface area contributed by atoms with Crippen molar-refractivity contribution in [3.05, 3.63) is 70.6 Å². The number of methoxy groups -OCH3 is 1. The smallest absolute Gasteiger partial charge is 0.355 e. The van der Waals surface area contributed by atoms with Crippen molar-refractivity contribution in [2.45, 2.75) is 0 Å². The molecule has 0 radical (unpaired) electrons. The highest BCUT2D eigenvalue weighted by Gasteiger charge is 2.17. The zero-order chi connectivity index (χ0) is 14.8. The second-order valence-corrected chi connectivity index (χ2v) is 4.43. The Morgan fingerprint density at radius 3 is 2.62 bits per heavy atom. The number of hydrogen-bond acceptors (Lipinski definition) is 4. The van der Waals surface area contributed by atoms with Crippen LogP contribution in [0.2, 0.25) is 0 Å². The van der Waals surface area contributed by atoms with Gasteiger partial charge < -0.3 is 4.74 Å². The molecule has 2 heterocycles. The molecule has 0 unspecified atom stereocenters. The lowest BCUT2D eigenvalue weighted by molar-refractivity contribution is 0.0591. The number of ether oxygens (including phenoxy) is 1. The van der Waals surface area contributed by atoms with E-state index in [9.17, 15) is 9.59 Å². The molecule has 0 saturated carbocycles. The Kier molecular flexibility index (Phi) is 3.23. The van der Waals surface area contributed by atoms with Gasteiger partial charge in [-0.05, 0) is 24.3 Å². The van der Waals surface area contributed by atoms with E-state index in [4.69, 9.17) is 4.74 Å². The van der Waals surface area contributed by atoms with Crippen molar-refractivity contribution in [1.29, 1.82) is 0 Å². The lowest BCUT2D eigenvalue weighted by Crippen LogP contribution is -2.18. The number of aromatic nitrogens is 2. The molecule has 5 nitrogen and oxygen atoms in total. The number of pyridine rings is 2. The first kappa shape index (κ1) is 13.1. The van der Waals surface area contributed by atoms with Crippen molar-refractivity contribution in [3.63, 3.8) is 0 Å². The molecule has 3 rings (SSSR count). The van der Waals surface area contributed by atoms with Crippen LogP contribution in [0.25, 0.3) is 16.7 Å². The summed E-state index contributed by atoms with van der Waals surface area (Å²) in [7, 11) is 1.28. The van der Waals surface area contributed by atoms with E-state index in [1.165, 1.54) is 13.2 Å². The minimum atomic E-state index is -0.580. The van der Waals surface area contributed by atoms with E-state index in [0.29, 0.717) is 11.0 Å². The second kappa shape index (κ2) is 5.20. The Hall–Kier alpha value is -2.95. The van der Waals surface area contributed by atoms with Crippen LogP contribution in [0.3, 0.4) is 0 Å². The van der Waals surface area contributed by atoms with Gasteiger partial charge in [0.2, 0.25) is 0 Å². The Labute approximate surface area is 120 Å². The van der Waals surface area contributed by atoms with Crippen molar-refractivity contribution in [1.82, 2.24) is 9.55 Å². The lowest BCUT2D eigenvalue weighted by atomic mass is 10.2. The number of benzene rings is 1. The van der Waals surface area contributed by atoms with Gasteiger partial charge in [0.25, 0.3) is 0 Å². The zero-order valence-corrected chi connectivity index (χ0v) is 11.3. The standard InChI is InChI=1S/C16H12N2O3/c1-21-16(20)13-10-14(19)12-8-5-9-17-15(12)18(13)11-6-3-2-4-7-11/h2-10H,1H3. The highest BCUT2D eigenvalue weighted by molar-refractivity contribution is 5.92. The summed E-state index contributed by atoms with van der Waals surface area (Å²) in [4.78, 5) is 28.4. The first-order valence-corrected chi connectivity index (χ1v) is 6.37. The average molecular weight is 280 g/mol. The Morgan fingerprint density at radius 2 is 1.90 bits per heavy atom. The molecule has 21 heavy (non-hydrogen) atoms. The maximum Gasteiger partial charge on any atom is 0.355 e. The largest absolute Gasteiger partial charge is 0.464 e. The van der Waals surface area contributed by atoms with Crippen LogP contribution in [-0.4, -0.2) is 22.6 Å². The van der Waals surface area contributed by atoms with Gasteiger partial charge in [0.1, 0.15) is 11.3 Å². The summed E-state index contributed by atoms with van der Waals surface area (Å²) < 4.78 is 6.40. The fraction of sp³-hybridized carbons (Fsp3) is 0.0625. The molecule has 2 aromatic heterocycles. The van der Waals surface area contributed by atoms with E-state index in [0.717, 1.165) is 5.69 Å². The van der Waals surface area contributed by atoms with E-state index in [2.05, 4.69) is 4.98 Å². The van der Waals surface area contributed by atoms with Crippen LogP contribution >= 0.6 is 0 Å². The van der Waals surface area contributed by atoms with Crippen LogP contribution in [0.1, 0.15) is 10.5 Å². The van der Waals surface area contributed by atoms with Gasteiger partial charge in [-0.15, -0.1) is 0 Å². The summed E-state index contributed by atoms with van der Waals surface area (Å²) in [6, 6.07) is 13.9. The molecule has 0 aliphatic heterocycles. The fourth-order valence-electron chi connectivity index (χ4n) is 2.24. The highest BCUT2D eigenvalue weighted by atomic mass is 16.5. The van der Waals surface area contributed by atoms with Crippen LogP contribution in [-0.2, 0) is 4.74 Å². The highest BCUT2D eigenvalue weighted by Crippen LogP contribution is 2.17. The molecule has 0 bridgehead atoms. The zero-order valence-electron chi connectivity index (χ0n) is 11.3. The van der Waals surface area contributed by atoms with E-state index in [-0.39, 0.29) is 11.1 Å². The summed E-state index contributed by atoms with van der Waals surface area (Å²) in [5, 5.41) is 0.453. The van der Waals surface area contributed by atoms with Crippen molar-refractivity contribution < 1.29 is 9.53 Å². The van der Waals surface area contributed by atoms with Crippen molar-refractivity contribution >= 4 is 17.0 Å². The lowest BCUT2D eigenvalue weighted by Gasteiger charge is -2.14. The molecular formula is C16H12N2O3. The van der Waals surface area contributed by atoms with Crippen molar-refractivity contribution in [2.75, 3.05) is 7.11 Å². The average Bonchev–Trinajstić information content (AvgIpc) is 2.55. The maximum absolute atomic E-state index is 12.1. The number of carbonyl (C=O) groups excluding carboxylic acids is 1. The summed E-state index contributed by atoms with van der Waals surface area (Å²) in [6.07, 6.45) is 1.59. The van der Waals surface area contributed by atoms with E-state index < -0.39 is 5.97 Å². The third-order valence-electron chi connectivity index (χ3n) is 3.18. The fourth-order valence-corrected chi connectivity index (χ4v) is 2.24. The Morgan fingerprint density at radius 1 is 1.14 bits per heavy atom. The third kappa shape index (κ3) is 2.18. The minimum Gasteiger partial charge on any atom is -0.464 e. The first-order chi connectivity index (χ1) is 10.2. The molecule has 0 saturated heterocycles. The summed E-state index contributed by atoms with van der Waals surface area (Å²) >= 11 is 0. The van der Waals surface area contributed by atoms with E-state index >= 15 is 0 Å². The molecule has 0 aliphatic carbocycles. The van der Waals surface area contributed by atoms with E-state index in [1.807, 2.05) is 30.3 Å². The van der Waals surface area contributed by atoms with Gasteiger partial charge in [-0.25, -0.2) is 9.78 Å². The predicted octanol–water partition coefficient (Wildman–Crippen LogP) is 2.17. The van der Waals surface area contributed by atoms with Gasteiger partial charge in [-0.3, -0.25) is 9.36 Å².